The Balaban J connectivity index is 1.59. The first-order valence-electron chi connectivity index (χ1n) is 8.26. The molecule has 0 unspecified atom stereocenters. The van der Waals surface area contributed by atoms with Crippen LogP contribution in [0.25, 0.3) is 17.1 Å². The van der Waals surface area contributed by atoms with Gasteiger partial charge in [0.2, 0.25) is 0 Å². The maximum absolute atomic E-state index is 12.7. The first-order chi connectivity index (χ1) is 13.1. The predicted molar refractivity (Wildman–Crippen MR) is 104 cm³/mol. The highest BCUT2D eigenvalue weighted by atomic mass is 32.1. The summed E-state index contributed by atoms with van der Waals surface area (Å²) in [5.41, 5.74) is 3.82. The van der Waals surface area contributed by atoms with Gasteiger partial charge in [-0.25, -0.2) is 9.97 Å². The van der Waals surface area contributed by atoms with Crippen LogP contribution in [-0.2, 0) is 0 Å². The Kier molecular flexibility index (Phi) is 4.47. The number of aryl methyl sites for hydroxylation is 2. The molecule has 0 spiro atoms. The van der Waals surface area contributed by atoms with Crippen LogP contribution < -0.4 is 5.32 Å². The molecule has 7 nitrogen and oxygen atoms in total. The lowest BCUT2D eigenvalue weighted by Crippen LogP contribution is -2.16. The van der Waals surface area contributed by atoms with Crippen LogP contribution >= 0.6 is 11.3 Å². The monoisotopic (exact) mass is 376 g/mol. The zero-order valence-corrected chi connectivity index (χ0v) is 15.6. The zero-order chi connectivity index (χ0) is 18.8. The molecule has 0 aliphatic rings. The highest BCUT2D eigenvalue weighted by Gasteiger charge is 2.17. The van der Waals surface area contributed by atoms with E-state index in [1.807, 2.05) is 38.1 Å². The van der Waals surface area contributed by atoms with E-state index < -0.39 is 0 Å². The van der Waals surface area contributed by atoms with E-state index in [0.717, 1.165) is 27.5 Å². The number of rotatable bonds is 4. The Labute approximate surface area is 159 Å². The molecular weight excluding hydrogens is 360 g/mol. The summed E-state index contributed by atoms with van der Waals surface area (Å²) in [6.07, 6.45) is 8.26. The minimum Gasteiger partial charge on any atom is -0.296 e. The van der Waals surface area contributed by atoms with Gasteiger partial charge in [0.05, 0.1) is 30.1 Å². The number of aromatic nitrogens is 5. The fourth-order valence-electron chi connectivity index (χ4n) is 2.62. The van der Waals surface area contributed by atoms with Crippen molar-refractivity contribution in [3.05, 3.63) is 71.5 Å². The molecule has 134 valence electrons. The Hall–Kier alpha value is -3.39. The molecule has 0 fully saturated rings. The molecule has 0 radical (unpaired) electrons. The molecule has 0 atom stereocenters. The molecule has 8 heteroatoms. The van der Waals surface area contributed by atoms with Crippen LogP contribution in [0.5, 0.6) is 0 Å². The number of pyridine rings is 2. The summed E-state index contributed by atoms with van der Waals surface area (Å²) < 4.78 is 1.69. The smallest absolute Gasteiger partial charge is 0.276 e. The number of anilines is 1. The highest BCUT2D eigenvalue weighted by Crippen LogP contribution is 2.29. The number of imidazole rings is 1. The standard InChI is InChI=1S/C19H16N6OS/c1-12-5-6-15(22-8-12)17-13(2)27-19(23-17)24-18(26)16-10-21-11-25(16)14-4-3-7-20-9-14/h3-11H,1-2H3,(H,23,24,26). The van der Waals surface area contributed by atoms with Crippen molar-refractivity contribution in [3.63, 3.8) is 0 Å². The van der Waals surface area contributed by atoms with E-state index >= 15 is 0 Å². The van der Waals surface area contributed by atoms with Gasteiger partial charge in [0.15, 0.2) is 5.13 Å². The fourth-order valence-corrected chi connectivity index (χ4v) is 3.44. The van der Waals surface area contributed by atoms with Crippen LogP contribution in [0.4, 0.5) is 5.13 Å². The van der Waals surface area contributed by atoms with E-state index in [-0.39, 0.29) is 5.91 Å². The predicted octanol–water partition coefficient (Wildman–Crippen LogP) is 3.65. The van der Waals surface area contributed by atoms with Crippen molar-refractivity contribution in [1.82, 2.24) is 24.5 Å². The van der Waals surface area contributed by atoms with Crippen molar-refractivity contribution >= 4 is 22.4 Å². The Morgan fingerprint density at radius 2 is 2.00 bits per heavy atom. The SMILES string of the molecule is Cc1ccc(-c2nc(NC(=O)c3cncn3-c3cccnc3)sc2C)nc1. The molecule has 1 N–H and O–H groups in total. The molecule has 1 amide bonds. The number of nitrogens with one attached hydrogen (secondary N) is 1. The van der Waals surface area contributed by atoms with Gasteiger partial charge in [-0.2, -0.15) is 0 Å². The van der Waals surface area contributed by atoms with Gasteiger partial charge in [-0.05, 0) is 37.6 Å². The fraction of sp³-hybridized carbons (Fsp3) is 0.105. The topological polar surface area (TPSA) is 85.6 Å². The van der Waals surface area contributed by atoms with Gasteiger partial charge in [0, 0.05) is 17.3 Å². The van der Waals surface area contributed by atoms with E-state index in [0.29, 0.717) is 10.8 Å². The van der Waals surface area contributed by atoms with Crippen molar-refractivity contribution in [2.24, 2.45) is 0 Å². The normalized spacial score (nSPS) is 10.7. The van der Waals surface area contributed by atoms with E-state index in [1.54, 1.807) is 29.5 Å². The molecule has 4 aromatic rings. The molecule has 0 bridgehead atoms. The second kappa shape index (κ2) is 7.08. The number of carbonyl (C=O) groups excluding carboxylic acids is 1. The summed E-state index contributed by atoms with van der Waals surface area (Å²) in [6.45, 7) is 3.95. The number of amides is 1. The van der Waals surface area contributed by atoms with Gasteiger partial charge in [-0.3, -0.25) is 24.6 Å². The van der Waals surface area contributed by atoms with Crippen molar-refractivity contribution in [3.8, 4) is 17.1 Å². The molecule has 0 saturated carbocycles. The number of nitrogens with zero attached hydrogens (tertiary/aromatic N) is 5. The third kappa shape index (κ3) is 3.47. The van der Waals surface area contributed by atoms with Crippen molar-refractivity contribution in [2.45, 2.75) is 13.8 Å². The summed E-state index contributed by atoms with van der Waals surface area (Å²) in [6, 6.07) is 7.59. The molecule has 4 aromatic heterocycles. The zero-order valence-electron chi connectivity index (χ0n) is 14.7. The lowest BCUT2D eigenvalue weighted by molar-refractivity contribution is 0.102. The highest BCUT2D eigenvalue weighted by molar-refractivity contribution is 7.16. The van der Waals surface area contributed by atoms with Crippen LogP contribution in [0, 0.1) is 13.8 Å². The quantitative estimate of drug-likeness (QED) is 0.587. The number of hydrogen-bond acceptors (Lipinski definition) is 6. The van der Waals surface area contributed by atoms with Crippen LogP contribution in [0.1, 0.15) is 20.9 Å². The summed E-state index contributed by atoms with van der Waals surface area (Å²) in [5.74, 6) is -0.284. The van der Waals surface area contributed by atoms with Gasteiger partial charge in [0.1, 0.15) is 11.4 Å². The summed E-state index contributed by atoms with van der Waals surface area (Å²) in [7, 11) is 0. The number of carbonyl (C=O) groups is 1. The third-order valence-corrected chi connectivity index (χ3v) is 4.85. The average Bonchev–Trinajstić information content (AvgIpc) is 3.30. The van der Waals surface area contributed by atoms with Gasteiger partial charge in [-0.1, -0.05) is 6.07 Å². The van der Waals surface area contributed by atoms with Gasteiger partial charge < -0.3 is 0 Å². The van der Waals surface area contributed by atoms with E-state index in [9.17, 15) is 4.79 Å². The van der Waals surface area contributed by atoms with Crippen LogP contribution in [0.15, 0.2) is 55.4 Å². The van der Waals surface area contributed by atoms with Crippen LogP contribution in [-0.4, -0.2) is 30.4 Å². The minimum absolute atomic E-state index is 0.284. The van der Waals surface area contributed by atoms with Gasteiger partial charge in [0.25, 0.3) is 5.91 Å². The van der Waals surface area contributed by atoms with E-state index in [1.165, 1.54) is 17.5 Å². The van der Waals surface area contributed by atoms with Crippen molar-refractivity contribution in [2.75, 3.05) is 5.32 Å². The second-order valence-corrected chi connectivity index (χ2v) is 7.16. The Morgan fingerprint density at radius 1 is 1.11 bits per heavy atom. The first kappa shape index (κ1) is 17.0. The first-order valence-corrected chi connectivity index (χ1v) is 9.08. The molecular formula is C19H16N6OS. The molecule has 0 aromatic carbocycles. The van der Waals surface area contributed by atoms with Crippen molar-refractivity contribution in [1.29, 1.82) is 0 Å². The maximum atomic E-state index is 12.7. The molecule has 4 heterocycles. The van der Waals surface area contributed by atoms with E-state index in [4.69, 9.17) is 0 Å². The number of hydrogen-bond donors (Lipinski definition) is 1. The second-order valence-electron chi connectivity index (χ2n) is 5.96. The summed E-state index contributed by atoms with van der Waals surface area (Å²) in [5, 5.41) is 3.38. The van der Waals surface area contributed by atoms with Crippen LogP contribution in [0.3, 0.4) is 0 Å². The summed E-state index contributed by atoms with van der Waals surface area (Å²) >= 11 is 1.42. The van der Waals surface area contributed by atoms with Gasteiger partial charge >= 0.3 is 0 Å². The third-order valence-electron chi connectivity index (χ3n) is 3.97. The largest absolute Gasteiger partial charge is 0.296 e. The molecule has 0 aliphatic carbocycles. The Morgan fingerprint density at radius 3 is 2.74 bits per heavy atom. The Bertz CT molecular complexity index is 1090. The molecule has 4 rings (SSSR count). The maximum Gasteiger partial charge on any atom is 0.276 e. The lowest BCUT2D eigenvalue weighted by atomic mass is 10.2. The minimum atomic E-state index is -0.284. The van der Waals surface area contributed by atoms with E-state index in [2.05, 4.69) is 25.3 Å². The lowest BCUT2D eigenvalue weighted by Gasteiger charge is -2.06. The molecule has 0 aliphatic heterocycles. The van der Waals surface area contributed by atoms with Crippen LogP contribution in [0.2, 0.25) is 0 Å². The average molecular weight is 376 g/mol. The molecule has 27 heavy (non-hydrogen) atoms. The van der Waals surface area contributed by atoms with Gasteiger partial charge in [-0.15, -0.1) is 11.3 Å². The molecule has 0 saturated heterocycles. The van der Waals surface area contributed by atoms with Crippen molar-refractivity contribution < 1.29 is 4.79 Å². The summed E-state index contributed by atoms with van der Waals surface area (Å²) in [4.78, 5) is 30.8. The number of thiazole rings is 1.